The molecule has 35 heavy (non-hydrogen) atoms. The number of sulfone groups is 1. The lowest BCUT2D eigenvalue weighted by Crippen LogP contribution is -2.05. The Kier molecular flexibility index (Phi) is 5.86. The van der Waals surface area contributed by atoms with Crippen molar-refractivity contribution >= 4 is 32.3 Å². The molecule has 5 rings (SSSR count). The molecular weight excluding hydrogens is 489 g/mol. The Morgan fingerprint density at radius 1 is 0.943 bits per heavy atom. The molecule has 0 fully saturated rings. The number of nitrogens with zero attached hydrogens (tertiary/aromatic N) is 3. The van der Waals surface area contributed by atoms with Gasteiger partial charge in [-0.3, -0.25) is 0 Å². The van der Waals surface area contributed by atoms with Crippen LogP contribution in [-0.4, -0.2) is 23.5 Å². The van der Waals surface area contributed by atoms with Crippen molar-refractivity contribution in [2.24, 2.45) is 0 Å². The quantitative estimate of drug-likeness (QED) is 0.276. The van der Waals surface area contributed by atoms with Crippen LogP contribution in [0.15, 0.2) is 76.6 Å². The number of aryl methyl sites for hydroxylation is 2. The fourth-order valence-electron chi connectivity index (χ4n) is 4.08. The first kappa shape index (κ1) is 23.1. The fourth-order valence-corrected chi connectivity index (χ4v) is 5.53. The summed E-state index contributed by atoms with van der Waals surface area (Å²) in [5.74, 6) is -0.726. The molecule has 0 N–H and O–H groups in total. The third-order valence-electron chi connectivity index (χ3n) is 5.85. The SMILES string of the molecule is Cc1cc(-c2ncnc3cc(S(=O)(=O)Cc4ccon4)ccc23)c(C)cc1-c1ccc(F)c(Cl)c1. The van der Waals surface area contributed by atoms with Crippen LogP contribution in [-0.2, 0) is 15.6 Å². The highest BCUT2D eigenvalue weighted by molar-refractivity contribution is 7.90. The maximum absolute atomic E-state index is 13.6. The summed E-state index contributed by atoms with van der Waals surface area (Å²) in [7, 11) is -3.63. The molecule has 176 valence electrons. The van der Waals surface area contributed by atoms with Gasteiger partial charge in [0.1, 0.15) is 24.2 Å². The van der Waals surface area contributed by atoms with Crippen molar-refractivity contribution in [1.82, 2.24) is 15.1 Å². The second-order valence-corrected chi connectivity index (χ2v) is 10.7. The van der Waals surface area contributed by atoms with E-state index in [4.69, 9.17) is 16.1 Å². The van der Waals surface area contributed by atoms with Gasteiger partial charge in [-0.15, -0.1) is 0 Å². The topological polar surface area (TPSA) is 86.0 Å². The molecule has 0 bridgehead atoms. The number of hydrogen-bond donors (Lipinski definition) is 0. The Balaban J connectivity index is 1.57. The van der Waals surface area contributed by atoms with Gasteiger partial charge in [-0.25, -0.2) is 22.8 Å². The lowest BCUT2D eigenvalue weighted by molar-refractivity contribution is 0.413. The van der Waals surface area contributed by atoms with E-state index in [1.165, 1.54) is 24.7 Å². The van der Waals surface area contributed by atoms with Crippen LogP contribution >= 0.6 is 11.6 Å². The van der Waals surface area contributed by atoms with E-state index in [1.54, 1.807) is 30.3 Å². The summed E-state index contributed by atoms with van der Waals surface area (Å²) in [6, 6.07) is 15.0. The molecule has 5 aromatic rings. The molecule has 0 atom stereocenters. The molecule has 6 nitrogen and oxygen atoms in total. The number of rotatable bonds is 5. The summed E-state index contributed by atoms with van der Waals surface area (Å²) >= 11 is 5.99. The zero-order valence-electron chi connectivity index (χ0n) is 18.8. The maximum atomic E-state index is 13.6. The second kappa shape index (κ2) is 8.87. The smallest absolute Gasteiger partial charge is 0.184 e. The van der Waals surface area contributed by atoms with Gasteiger partial charge < -0.3 is 4.52 Å². The normalized spacial score (nSPS) is 11.8. The van der Waals surface area contributed by atoms with Crippen molar-refractivity contribution in [1.29, 1.82) is 0 Å². The highest BCUT2D eigenvalue weighted by atomic mass is 35.5. The van der Waals surface area contributed by atoms with E-state index in [0.717, 1.165) is 33.2 Å². The first-order chi connectivity index (χ1) is 16.7. The highest BCUT2D eigenvalue weighted by Crippen LogP contribution is 2.35. The minimum Gasteiger partial charge on any atom is -0.364 e. The van der Waals surface area contributed by atoms with Crippen LogP contribution in [0.25, 0.3) is 33.3 Å². The molecule has 0 unspecified atom stereocenters. The van der Waals surface area contributed by atoms with Gasteiger partial charge in [-0.1, -0.05) is 28.9 Å². The molecule has 0 radical (unpaired) electrons. The number of aromatic nitrogens is 3. The summed E-state index contributed by atoms with van der Waals surface area (Å²) in [4.78, 5) is 8.97. The molecule has 0 saturated heterocycles. The second-order valence-electron chi connectivity index (χ2n) is 8.26. The summed E-state index contributed by atoms with van der Waals surface area (Å²) < 4.78 is 44.1. The van der Waals surface area contributed by atoms with Gasteiger partial charge in [0, 0.05) is 17.0 Å². The van der Waals surface area contributed by atoms with Gasteiger partial charge in [0.25, 0.3) is 0 Å². The van der Waals surface area contributed by atoms with E-state index in [2.05, 4.69) is 15.1 Å². The molecule has 0 amide bonds. The third kappa shape index (κ3) is 4.42. The first-order valence-corrected chi connectivity index (χ1v) is 12.7. The van der Waals surface area contributed by atoms with Crippen molar-refractivity contribution in [2.45, 2.75) is 24.5 Å². The van der Waals surface area contributed by atoms with Crippen LogP contribution in [0.4, 0.5) is 4.39 Å². The van der Waals surface area contributed by atoms with E-state index >= 15 is 0 Å². The minimum absolute atomic E-state index is 0.0692. The van der Waals surface area contributed by atoms with E-state index < -0.39 is 15.7 Å². The van der Waals surface area contributed by atoms with Crippen LogP contribution in [0.5, 0.6) is 0 Å². The Hall–Kier alpha value is -3.62. The molecule has 0 aliphatic carbocycles. The Morgan fingerprint density at radius 3 is 2.46 bits per heavy atom. The van der Waals surface area contributed by atoms with Crippen molar-refractivity contribution in [3.05, 3.63) is 94.8 Å². The van der Waals surface area contributed by atoms with E-state index in [1.807, 2.05) is 26.0 Å². The molecule has 3 aromatic carbocycles. The fraction of sp³-hybridized carbons (Fsp3) is 0.115. The number of benzene rings is 3. The first-order valence-electron chi connectivity index (χ1n) is 10.7. The zero-order valence-corrected chi connectivity index (χ0v) is 20.4. The summed E-state index contributed by atoms with van der Waals surface area (Å²) in [6.07, 6.45) is 2.76. The van der Waals surface area contributed by atoms with Crippen LogP contribution in [0, 0.1) is 19.7 Å². The average molecular weight is 508 g/mol. The monoisotopic (exact) mass is 507 g/mol. The molecule has 0 saturated carbocycles. The van der Waals surface area contributed by atoms with Gasteiger partial charge in [-0.2, -0.15) is 0 Å². The van der Waals surface area contributed by atoms with Crippen LogP contribution in [0.3, 0.4) is 0 Å². The number of hydrogen-bond acceptors (Lipinski definition) is 6. The lowest BCUT2D eigenvalue weighted by Gasteiger charge is -2.14. The molecule has 2 heterocycles. The minimum atomic E-state index is -3.63. The predicted molar refractivity (Wildman–Crippen MR) is 132 cm³/mol. The number of halogens is 2. The lowest BCUT2D eigenvalue weighted by atomic mass is 9.92. The van der Waals surface area contributed by atoms with Crippen LogP contribution in [0.2, 0.25) is 5.02 Å². The van der Waals surface area contributed by atoms with Gasteiger partial charge >= 0.3 is 0 Å². The molecule has 0 aliphatic rings. The van der Waals surface area contributed by atoms with Crippen molar-refractivity contribution < 1.29 is 17.3 Å². The zero-order chi connectivity index (χ0) is 24.7. The molecule has 0 aliphatic heterocycles. The summed E-state index contributed by atoms with van der Waals surface area (Å²) in [5, 5.41) is 4.49. The van der Waals surface area contributed by atoms with Crippen molar-refractivity contribution in [2.75, 3.05) is 0 Å². The predicted octanol–water partition coefficient (Wildman–Crippen LogP) is 6.34. The Labute approximate surface area is 206 Å². The van der Waals surface area contributed by atoms with Gasteiger partial charge in [0.15, 0.2) is 9.84 Å². The summed E-state index contributed by atoms with van der Waals surface area (Å²) in [6.45, 7) is 3.93. The molecule has 0 spiro atoms. The van der Waals surface area contributed by atoms with Gasteiger partial charge in [0.2, 0.25) is 0 Å². The largest absolute Gasteiger partial charge is 0.364 e. The van der Waals surface area contributed by atoms with E-state index in [0.29, 0.717) is 16.9 Å². The Morgan fingerprint density at radius 2 is 1.71 bits per heavy atom. The van der Waals surface area contributed by atoms with Crippen molar-refractivity contribution in [3.8, 4) is 22.4 Å². The molecule has 9 heteroatoms. The average Bonchev–Trinajstić information content (AvgIpc) is 3.34. The summed E-state index contributed by atoms with van der Waals surface area (Å²) in [5.41, 5.74) is 6.11. The Bertz CT molecular complexity index is 1690. The third-order valence-corrected chi connectivity index (χ3v) is 7.79. The van der Waals surface area contributed by atoms with Crippen molar-refractivity contribution in [3.63, 3.8) is 0 Å². The maximum Gasteiger partial charge on any atom is 0.184 e. The standard InChI is InChI=1S/C26H19ClFN3O3S/c1-15-10-22(16(2)9-21(15)17-3-6-24(28)23(27)11-17)26-20-5-4-19(12-25(20)29-14-30-26)35(32,33)13-18-7-8-34-31-18/h3-12,14H,13H2,1-2H3. The molecule has 2 aromatic heterocycles. The highest BCUT2D eigenvalue weighted by Gasteiger charge is 2.19. The number of fused-ring (bicyclic) bond motifs is 1. The van der Waals surface area contributed by atoms with E-state index in [-0.39, 0.29) is 15.7 Å². The van der Waals surface area contributed by atoms with Gasteiger partial charge in [0.05, 0.1) is 26.8 Å². The van der Waals surface area contributed by atoms with Crippen LogP contribution in [0.1, 0.15) is 16.8 Å². The van der Waals surface area contributed by atoms with Gasteiger partial charge in [-0.05, 0) is 72.5 Å². The van der Waals surface area contributed by atoms with E-state index in [9.17, 15) is 12.8 Å². The van der Waals surface area contributed by atoms with Crippen LogP contribution < -0.4 is 0 Å². The molecular formula is C26H19ClFN3O3S.